The van der Waals surface area contributed by atoms with E-state index < -0.39 is 5.97 Å². The van der Waals surface area contributed by atoms with Crippen LogP contribution >= 0.6 is 11.3 Å². The van der Waals surface area contributed by atoms with Crippen molar-refractivity contribution in [2.45, 2.75) is 26.7 Å². The zero-order chi connectivity index (χ0) is 17.4. The average Bonchev–Trinajstić information content (AvgIpc) is 2.91. The van der Waals surface area contributed by atoms with Crippen molar-refractivity contribution in [2.75, 3.05) is 32.1 Å². The summed E-state index contributed by atoms with van der Waals surface area (Å²) in [5.74, 6) is -0.741. The van der Waals surface area contributed by atoms with Gasteiger partial charge in [0.2, 0.25) is 11.8 Å². The predicted molar refractivity (Wildman–Crippen MR) is 89.9 cm³/mol. The van der Waals surface area contributed by atoms with E-state index in [1.54, 1.807) is 13.0 Å². The van der Waals surface area contributed by atoms with E-state index in [-0.39, 0.29) is 37.4 Å². The molecule has 3 N–H and O–H groups in total. The monoisotopic (exact) mass is 341 g/mol. The molecule has 0 saturated heterocycles. The van der Waals surface area contributed by atoms with Gasteiger partial charge in [-0.1, -0.05) is 13.8 Å². The van der Waals surface area contributed by atoms with E-state index in [4.69, 9.17) is 4.74 Å². The molecular weight excluding hydrogens is 318 g/mol. The number of anilines is 1. The van der Waals surface area contributed by atoms with Crippen LogP contribution in [0.5, 0.6) is 0 Å². The molecule has 0 bridgehead atoms. The molecule has 1 aromatic rings. The van der Waals surface area contributed by atoms with Crippen molar-refractivity contribution in [2.24, 2.45) is 0 Å². The summed E-state index contributed by atoms with van der Waals surface area (Å²) in [6, 6.07) is 1.75. The second-order valence-electron chi connectivity index (χ2n) is 5.09. The Balaban J connectivity index is 2.75. The highest BCUT2D eigenvalue weighted by molar-refractivity contribution is 7.16. The number of thiophene rings is 1. The fourth-order valence-electron chi connectivity index (χ4n) is 1.70. The zero-order valence-electron chi connectivity index (χ0n) is 13.8. The number of likely N-dealkylation sites (N-methyl/N-ethyl adjacent to an activating group) is 1. The van der Waals surface area contributed by atoms with Gasteiger partial charge in [-0.3, -0.25) is 14.9 Å². The van der Waals surface area contributed by atoms with Gasteiger partial charge >= 0.3 is 5.97 Å². The third-order valence-electron chi connectivity index (χ3n) is 2.92. The lowest BCUT2D eigenvalue weighted by Crippen LogP contribution is -2.36. The van der Waals surface area contributed by atoms with Crippen molar-refractivity contribution in [1.29, 1.82) is 0 Å². The molecule has 1 aromatic heterocycles. The van der Waals surface area contributed by atoms with Crippen molar-refractivity contribution >= 4 is 34.1 Å². The first-order valence-corrected chi connectivity index (χ1v) is 8.22. The third kappa shape index (κ3) is 5.99. The molecule has 0 aliphatic rings. The smallest absolute Gasteiger partial charge is 0.341 e. The predicted octanol–water partition coefficient (Wildman–Crippen LogP) is 1.32. The van der Waals surface area contributed by atoms with E-state index in [1.165, 1.54) is 18.4 Å². The number of esters is 1. The highest BCUT2D eigenvalue weighted by Crippen LogP contribution is 2.33. The van der Waals surface area contributed by atoms with Gasteiger partial charge < -0.3 is 15.4 Å². The molecule has 8 heteroatoms. The van der Waals surface area contributed by atoms with Crippen LogP contribution in [0.15, 0.2) is 6.07 Å². The maximum absolute atomic E-state index is 12.0. The molecule has 23 heavy (non-hydrogen) atoms. The maximum Gasteiger partial charge on any atom is 0.341 e. The van der Waals surface area contributed by atoms with Crippen molar-refractivity contribution in [1.82, 2.24) is 10.6 Å². The second kappa shape index (κ2) is 9.26. The lowest BCUT2D eigenvalue weighted by molar-refractivity contribution is -0.120. The largest absolute Gasteiger partial charge is 0.462 e. The second-order valence-corrected chi connectivity index (χ2v) is 6.18. The van der Waals surface area contributed by atoms with Crippen LogP contribution in [0.1, 0.15) is 41.9 Å². The Morgan fingerprint density at radius 1 is 1.22 bits per heavy atom. The number of nitrogens with one attached hydrogen (secondary N) is 3. The minimum Gasteiger partial charge on any atom is -0.462 e. The summed E-state index contributed by atoms with van der Waals surface area (Å²) < 4.78 is 5.02. The van der Waals surface area contributed by atoms with E-state index >= 15 is 0 Å². The Labute approximate surface area is 139 Å². The number of rotatable bonds is 8. The summed E-state index contributed by atoms with van der Waals surface area (Å²) in [6.45, 7) is 6.05. The van der Waals surface area contributed by atoms with Gasteiger partial charge in [-0.15, -0.1) is 11.3 Å². The van der Waals surface area contributed by atoms with Crippen molar-refractivity contribution in [3.05, 3.63) is 16.5 Å². The number of carbonyl (C=O) groups excluding carboxylic acids is 3. The minimum absolute atomic E-state index is 0.0232. The molecule has 7 nitrogen and oxygen atoms in total. The molecule has 0 aliphatic carbocycles. The van der Waals surface area contributed by atoms with Gasteiger partial charge in [-0.25, -0.2) is 4.79 Å². The molecule has 2 amide bonds. The molecule has 0 radical (unpaired) electrons. The molecule has 128 valence electrons. The molecule has 0 aliphatic heterocycles. The van der Waals surface area contributed by atoms with E-state index in [0.717, 1.165) is 4.88 Å². The van der Waals surface area contributed by atoms with Crippen LogP contribution in [-0.4, -0.2) is 44.5 Å². The maximum atomic E-state index is 12.0. The minimum atomic E-state index is -0.454. The molecule has 0 unspecified atom stereocenters. The van der Waals surface area contributed by atoms with Crippen LogP contribution < -0.4 is 16.0 Å². The first-order chi connectivity index (χ1) is 10.9. The summed E-state index contributed by atoms with van der Waals surface area (Å²) in [5, 5.41) is 8.35. The summed E-state index contributed by atoms with van der Waals surface area (Å²) >= 11 is 1.35. The first-order valence-electron chi connectivity index (χ1n) is 7.41. The standard InChI is InChI=1S/C15H23N3O4S/c1-5-22-15(21)10-6-11(9(2)3)23-14(10)18-13(20)8-17-7-12(19)16-4/h6,9,17H,5,7-8H2,1-4H3,(H,16,19)(H,18,20). The fraction of sp³-hybridized carbons (Fsp3) is 0.533. The van der Waals surface area contributed by atoms with Crippen LogP contribution in [-0.2, 0) is 14.3 Å². The van der Waals surface area contributed by atoms with Gasteiger partial charge in [0.05, 0.1) is 25.3 Å². The third-order valence-corrected chi connectivity index (χ3v) is 4.27. The molecule has 0 aromatic carbocycles. The first kappa shape index (κ1) is 19.1. The Kier molecular flexibility index (Phi) is 7.70. The lowest BCUT2D eigenvalue weighted by Gasteiger charge is -2.07. The van der Waals surface area contributed by atoms with E-state index in [2.05, 4.69) is 16.0 Å². The summed E-state index contributed by atoms with van der Waals surface area (Å²) in [7, 11) is 1.52. The Bertz CT molecular complexity index is 569. The lowest BCUT2D eigenvalue weighted by atomic mass is 10.1. The van der Waals surface area contributed by atoms with Crippen LogP contribution in [0.4, 0.5) is 5.00 Å². The number of ether oxygens (including phenoxy) is 1. The van der Waals surface area contributed by atoms with Gasteiger partial charge in [0.15, 0.2) is 0 Å². The highest BCUT2D eigenvalue weighted by Gasteiger charge is 2.20. The molecule has 1 rings (SSSR count). The van der Waals surface area contributed by atoms with E-state index in [0.29, 0.717) is 10.6 Å². The van der Waals surface area contributed by atoms with Crippen molar-refractivity contribution < 1.29 is 19.1 Å². The molecule has 0 spiro atoms. The summed E-state index contributed by atoms with van der Waals surface area (Å²) in [4.78, 5) is 36.0. The number of amides is 2. The van der Waals surface area contributed by atoms with Crippen molar-refractivity contribution in [3.63, 3.8) is 0 Å². The molecule has 0 atom stereocenters. The van der Waals surface area contributed by atoms with E-state index in [9.17, 15) is 14.4 Å². The quantitative estimate of drug-likeness (QED) is 0.620. The fourth-order valence-corrected chi connectivity index (χ4v) is 2.76. The number of hydrogen-bond acceptors (Lipinski definition) is 6. The Hall–Kier alpha value is -1.93. The van der Waals surface area contributed by atoms with Crippen molar-refractivity contribution in [3.8, 4) is 0 Å². The van der Waals surface area contributed by atoms with Gasteiger partial charge in [0, 0.05) is 11.9 Å². The van der Waals surface area contributed by atoms with Crippen LogP contribution in [0.2, 0.25) is 0 Å². The number of carbonyl (C=O) groups is 3. The average molecular weight is 341 g/mol. The van der Waals surface area contributed by atoms with Crippen LogP contribution in [0.3, 0.4) is 0 Å². The Morgan fingerprint density at radius 2 is 1.87 bits per heavy atom. The van der Waals surface area contributed by atoms with Gasteiger partial charge in [0.1, 0.15) is 5.00 Å². The van der Waals surface area contributed by atoms with Gasteiger partial charge in [-0.05, 0) is 18.9 Å². The molecule has 0 saturated carbocycles. The zero-order valence-corrected chi connectivity index (χ0v) is 14.6. The summed E-state index contributed by atoms with van der Waals surface area (Å²) in [6.07, 6.45) is 0. The van der Waals surface area contributed by atoms with Gasteiger partial charge in [-0.2, -0.15) is 0 Å². The van der Waals surface area contributed by atoms with Crippen LogP contribution in [0, 0.1) is 0 Å². The van der Waals surface area contributed by atoms with Crippen LogP contribution in [0.25, 0.3) is 0 Å². The Morgan fingerprint density at radius 3 is 2.43 bits per heavy atom. The normalized spacial score (nSPS) is 10.5. The highest BCUT2D eigenvalue weighted by atomic mass is 32.1. The summed E-state index contributed by atoms with van der Waals surface area (Å²) in [5.41, 5.74) is 0.361. The van der Waals surface area contributed by atoms with E-state index in [1.807, 2.05) is 13.8 Å². The van der Waals surface area contributed by atoms with Gasteiger partial charge in [0.25, 0.3) is 0 Å². The molecular formula is C15H23N3O4S. The SMILES string of the molecule is CCOC(=O)c1cc(C(C)C)sc1NC(=O)CNCC(=O)NC. The molecule has 0 fully saturated rings. The number of hydrogen-bond donors (Lipinski definition) is 3. The topological polar surface area (TPSA) is 96.5 Å². The molecule has 1 heterocycles.